The summed E-state index contributed by atoms with van der Waals surface area (Å²) in [6.07, 6.45) is 10.3. The molecule has 1 aliphatic rings. The normalized spacial score (nSPS) is 15.3. The van der Waals surface area contributed by atoms with E-state index in [0.29, 0.717) is 6.10 Å². The molecule has 0 aromatic rings. The van der Waals surface area contributed by atoms with Crippen LogP contribution in [0.1, 0.15) is 39.5 Å². The smallest absolute Gasteiger partial charge is 0.289 e. The second-order valence-corrected chi connectivity index (χ2v) is 3.18. The number of hydrogen-bond donors (Lipinski definition) is 0. The van der Waals surface area contributed by atoms with Gasteiger partial charge in [0, 0.05) is 6.10 Å². The first-order chi connectivity index (χ1) is 5.77. The first kappa shape index (κ1) is 11.8. The highest BCUT2D eigenvalue weighted by Gasteiger charge is 1.87. The second kappa shape index (κ2) is 8.86. The zero-order valence-corrected chi connectivity index (χ0v) is 8.55. The molecule has 0 atom stereocenters. The lowest BCUT2D eigenvalue weighted by Crippen LogP contribution is -2.02. The van der Waals surface area contributed by atoms with Crippen LogP contribution in [0.2, 0.25) is 6.82 Å². The van der Waals surface area contributed by atoms with Gasteiger partial charge in [0.2, 0.25) is 0 Å². The van der Waals surface area contributed by atoms with Crippen LogP contribution in [0.15, 0.2) is 12.2 Å². The van der Waals surface area contributed by atoms with Crippen molar-refractivity contribution in [1.29, 1.82) is 0 Å². The van der Waals surface area contributed by atoms with Gasteiger partial charge in [-0.25, -0.2) is 0 Å². The van der Waals surface area contributed by atoms with Gasteiger partial charge in [0.1, 0.15) is 0 Å². The summed E-state index contributed by atoms with van der Waals surface area (Å²) in [5.41, 5.74) is 0. The van der Waals surface area contributed by atoms with Crippen LogP contribution >= 0.6 is 0 Å². The molecule has 0 aromatic heterocycles. The van der Waals surface area contributed by atoms with Crippen molar-refractivity contribution in [3.05, 3.63) is 12.2 Å². The van der Waals surface area contributed by atoms with Crippen LogP contribution in [-0.4, -0.2) is 13.6 Å². The average molecular weight is 167 g/mol. The molecule has 0 spiro atoms. The average Bonchev–Trinajstić information content (AvgIpc) is 2.08. The molecule has 0 bridgehead atoms. The molecular formula is C10H20BO. The highest BCUT2D eigenvalue weighted by molar-refractivity contribution is 6.24. The standard InChI is InChI=1S/C6H10.C4H10BO/c1-2-4-6-5-3-1;1-4(2)6-5-3/h1-2H,3-6H2;4H,1-3H3. The Morgan fingerprint density at radius 2 is 1.67 bits per heavy atom. The minimum absolute atomic E-state index is 0.343. The molecule has 1 aliphatic carbocycles. The predicted molar refractivity (Wildman–Crippen MR) is 55.4 cm³/mol. The largest absolute Gasteiger partial charge is 0.439 e. The van der Waals surface area contributed by atoms with Crippen molar-refractivity contribution in [2.75, 3.05) is 0 Å². The molecule has 0 saturated heterocycles. The molecule has 12 heavy (non-hydrogen) atoms. The van der Waals surface area contributed by atoms with Crippen molar-refractivity contribution in [3.63, 3.8) is 0 Å². The van der Waals surface area contributed by atoms with Crippen LogP contribution in [0.25, 0.3) is 0 Å². The molecule has 1 rings (SSSR count). The Morgan fingerprint density at radius 1 is 1.17 bits per heavy atom. The Kier molecular flexibility index (Phi) is 8.68. The van der Waals surface area contributed by atoms with Gasteiger partial charge in [0.05, 0.1) is 0 Å². The van der Waals surface area contributed by atoms with E-state index in [2.05, 4.69) is 12.2 Å². The summed E-state index contributed by atoms with van der Waals surface area (Å²) in [6, 6.07) is 0. The fraction of sp³-hybridized carbons (Fsp3) is 0.800. The summed E-state index contributed by atoms with van der Waals surface area (Å²) < 4.78 is 4.92. The Morgan fingerprint density at radius 3 is 1.75 bits per heavy atom. The molecule has 0 N–H and O–H groups in total. The van der Waals surface area contributed by atoms with Crippen molar-refractivity contribution in [2.24, 2.45) is 0 Å². The Balaban J connectivity index is 0.000000202. The Bertz CT molecular complexity index is 102. The number of rotatable bonds is 2. The van der Waals surface area contributed by atoms with Crippen LogP contribution in [-0.2, 0) is 4.65 Å². The van der Waals surface area contributed by atoms with E-state index in [4.69, 9.17) is 4.65 Å². The van der Waals surface area contributed by atoms with E-state index in [0.717, 1.165) is 0 Å². The van der Waals surface area contributed by atoms with Gasteiger partial charge in [-0.2, -0.15) is 0 Å². The SMILES string of the molecule is C1=CCCCC1.C[B]OC(C)C. The van der Waals surface area contributed by atoms with Crippen molar-refractivity contribution < 1.29 is 4.65 Å². The molecular weight excluding hydrogens is 147 g/mol. The lowest BCUT2D eigenvalue weighted by atomic mass is 10.1. The van der Waals surface area contributed by atoms with Gasteiger partial charge in [-0.1, -0.05) is 19.0 Å². The maximum atomic E-state index is 4.92. The van der Waals surface area contributed by atoms with Crippen LogP contribution in [0.5, 0.6) is 0 Å². The van der Waals surface area contributed by atoms with E-state index in [-0.39, 0.29) is 0 Å². The monoisotopic (exact) mass is 167 g/mol. The fourth-order valence-corrected chi connectivity index (χ4v) is 1.03. The molecule has 0 heterocycles. The van der Waals surface area contributed by atoms with E-state index < -0.39 is 0 Å². The predicted octanol–water partition coefficient (Wildman–Crippen LogP) is 3.20. The van der Waals surface area contributed by atoms with Gasteiger partial charge in [0.15, 0.2) is 0 Å². The van der Waals surface area contributed by atoms with E-state index in [1.54, 1.807) is 7.48 Å². The third kappa shape index (κ3) is 9.76. The summed E-state index contributed by atoms with van der Waals surface area (Å²) in [6.45, 7) is 5.88. The van der Waals surface area contributed by atoms with Gasteiger partial charge in [-0.05, 0) is 39.5 Å². The third-order valence-corrected chi connectivity index (χ3v) is 1.57. The van der Waals surface area contributed by atoms with Crippen LogP contribution in [0.3, 0.4) is 0 Å². The topological polar surface area (TPSA) is 9.23 Å². The maximum Gasteiger partial charge on any atom is 0.289 e. The van der Waals surface area contributed by atoms with Crippen LogP contribution in [0, 0.1) is 0 Å². The molecule has 0 fully saturated rings. The Hall–Kier alpha value is -0.235. The quantitative estimate of drug-likeness (QED) is 0.453. The van der Waals surface area contributed by atoms with Crippen molar-refractivity contribution >= 4 is 7.48 Å². The first-order valence-corrected chi connectivity index (χ1v) is 4.85. The third-order valence-electron chi connectivity index (χ3n) is 1.57. The van der Waals surface area contributed by atoms with Crippen molar-refractivity contribution in [1.82, 2.24) is 0 Å². The minimum atomic E-state index is 0.343. The molecule has 0 saturated carbocycles. The van der Waals surface area contributed by atoms with Crippen LogP contribution < -0.4 is 0 Å². The molecule has 69 valence electrons. The van der Waals surface area contributed by atoms with Gasteiger partial charge in [-0.3, -0.25) is 0 Å². The number of allylic oxidation sites excluding steroid dienone is 2. The summed E-state index contributed by atoms with van der Waals surface area (Å²) in [5, 5.41) is 0. The van der Waals surface area contributed by atoms with Crippen molar-refractivity contribution in [2.45, 2.75) is 52.5 Å². The molecule has 2 heteroatoms. The van der Waals surface area contributed by atoms with E-state index >= 15 is 0 Å². The summed E-state index contributed by atoms with van der Waals surface area (Å²) in [4.78, 5) is 0. The first-order valence-electron chi connectivity index (χ1n) is 4.85. The lowest BCUT2D eigenvalue weighted by Gasteiger charge is -2.00. The highest BCUT2D eigenvalue weighted by atomic mass is 16.4. The molecule has 0 unspecified atom stereocenters. The van der Waals surface area contributed by atoms with Gasteiger partial charge >= 0.3 is 0 Å². The Labute approximate surface area is 77.5 Å². The lowest BCUT2D eigenvalue weighted by molar-refractivity contribution is 0.258. The zero-order chi connectivity index (χ0) is 9.23. The van der Waals surface area contributed by atoms with Gasteiger partial charge in [0.25, 0.3) is 7.48 Å². The van der Waals surface area contributed by atoms with E-state index in [9.17, 15) is 0 Å². The molecule has 1 radical (unpaired) electrons. The molecule has 0 aromatic carbocycles. The summed E-state index contributed by atoms with van der Waals surface area (Å²) >= 11 is 0. The second-order valence-electron chi connectivity index (χ2n) is 3.18. The molecule has 0 aliphatic heterocycles. The molecule has 0 amide bonds. The summed E-state index contributed by atoms with van der Waals surface area (Å²) in [5.74, 6) is 0. The van der Waals surface area contributed by atoms with Crippen molar-refractivity contribution in [3.8, 4) is 0 Å². The molecule has 1 nitrogen and oxygen atoms in total. The fourth-order valence-electron chi connectivity index (χ4n) is 1.03. The highest BCUT2D eigenvalue weighted by Crippen LogP contribution is 2.07. The van der Waals surface area contributed by atoms with E-state index in [1.807, 2.05) is 20.7 Å². The zero-order valence-electron chi connectivity index (χ0n) is 8.55. The minimum Gasteiger partial charge on any atom is -0.439 e. The number of hydrogen-bond acceptors (Lipinski definition) is 1. The maximum absolute atomic E-state index is 4.92. The summed E-state index contributed by atoms with van der Waals surface area (Å²) in [7, 11) is 1.70. The van der Waals surface area contributed by atoms with Gasteiger partial charge in [-0.15, -0.1) is 0 Å². The van der Waals surface area contributed by atoms with E-state index in [1.165, 1.54) is 25.7 Å². The van der Waals surface area contributed by atoms with Gasteiger partial charge < -0.3 is 4.65 Å². The van der Waals surface area contributed by atoms with Crippen LogP contribution in [0.4, 0.5) is 0 Å².